The molecule has 0 N–H and O–H groups in total. The molecule has 0 aliphatic heterocycles. The van der Waals surface area contributed by atoms with E-state index in [0.29, 0.717) is 0 Å². The van der Waals surface area contributed by atoms with Crippen LogP contribution in [0.3, 0.4) is 0 Å². The second-order valence-corrected chi connectivity index (χ2v) is 0. The van der Waals surface area contributed by atoms with Crippen molar-refractivity contribution < 1.29 is 140 Å². The Labute approximate surface area is 196 Å². The van der Waals surface area contributed by atoms with E-state index in [1.807, 2.05) is 0 Å². The minimum atomic E-state index is 0. The van der Waals surface area contributed by atoms with E-state index in [1.54, 1.807) is 0 Å². The number of halogens is 5. The quantitative estimate of drug-likeness (QED) is 0.170. The Balaban J connectivity index is 0. The molecule has 0 radical (unpaired) electrons. The van der Waals surface area contributed by atoms with Gasteiger partial charge in [0.05, 0.1) is 0 Å². The van der Waals surface area contributed by atoms with Crippen molar-refractivity contribution in [1.82, 2.24) is 0 Å². The fourth-order valence-electron chi connectivity index (χ4n) is 0. The van der Waals surface area contributed by atoms with Gasteiger partial charge >= 0.3 is 68.5 Å². The van der Waals surface area contributed by atoms with Gasteiger partial charge in [0.25, 0.3) is 0 Å². The first-order chi connectivity index (χ1) is 0. The van der Waals surface area contributed by atoms with Gasteiger partial charge in [-0.1, -0.05) is 0 Å². The Kier molecular flexibility index (Phi) is 415. The van der Waals surface area contributed by atoms with Crippen molar-refractivity contribution >= 4 is 61.4 Å². The minimum Gasteiger partial charge on any atom is -1.00 e. The van der Waals surface area contributed by atoms with E-state index < -0.39 is 0 Å². The molecular formula is H4FeI5KS. The predicted molar refractivity (Wildman–Crippen MR) is 41.2 cm³/mol. The molecule has 0 aromatic carbocycles. The van der Waals surface area contributed by atoms with E-state index in [-0.39, 0.29) is 202 Å². The molecule has 0 fully saturated rings. The predicted octanol–water partition coefficient (Wildman–Crippen LogP) is -10.6. The number of rotatable bonds is 0. The van der Waals surface area contributed by atoms with Gasteiger partial charge in [-0.25, -0.2) is 0 Å². The van der Waals surface area contributed by atoms with Crippen molar-refractivity contribution in [3.63, 3.8) is 0 Å². The summed E-state index contributed by atoms with van der Waals surface area (Å²) in [5.74, 6) is 0. The summed E-state index contributed by atoms with van der Waals surface area (Å²) in [4.78, 5) is 0. The van der Waals surface area contributed by atoms with Gasteiger partial charge in [0.1, 0.15) is 0 Å². The summed E-state index contributed by atoms with van der Waals surface area (Å²) in [5, 5.41) is 0. The molecule has 0 atom stereocenters. The van der Waals surface area contributed by atoms with Gasteiger partial charge in [0.15, 0.2) is 0 Å². The second kappa shape index (κ2) is 51.3. The van der Waals surface area contributed by atoms with Gasteiger partial charge in [-0.15, -0.1) is 48.0 Å². The normalized spacial score (nSPS) is 0. The standard InChI is InChI=1S/Fe.5HI.K.H2S/h;5*1H;;1H2/q+2;;;;;;+1;/p-3. The molecule has 0 aromatic heterocycles. The van der Waals surface area contributed by atoms with Crippen molar-refractivity contribution in [2.45, 2.75) is 0 Å². The molecule has 8 heteroatoms. The number of hydrogen-bond acceptors (Lipinski definition) is 0. The van der Waals surface area contributed by atoms with Gasteiger partial charge in [0.2, 0.25) is 0 Å². The molecular weight excluding hydrogens is 762 g/mol. The Bertz CT molecular complexity index is 12.4. The zero-order valence-electron chi connectivity index (χ0n) is 3.80. The summed E-state index contributed by atoms with van der Waals surface area (Å²) in [6.07, 6.45) is 0. The van der Waals surface area contributed by atoms with Crippen molar-refractivity contribution in [2.24, 2.45) is 0 Å². The molecule has 0 aromatic rings. The molecule has 0 rings (SSSR count). The van der Waals surface area contributed by atoms with Crippen LogP contribution in [0.2, 0.25) is 0 Å². The molecule has 54 valence electrons. The second-order valence-electron chi connectivity index (χ2n) is 0. The summed E-state index contributed by atoms with van der Waals surface area (Å²) >= 11 is 0. The van der Waals surface area contributed by atoms with Crippen LogP contribution in [-0.2, 0) is 17.1 Å². The van der Waals surface area contributed by atoms with E-state index in [4.69, 9.17) is 0 Å². The summed E-state index contributed by atoms with van der Waals surface area (Å²) < 4.78 is 0. The first-order valence-corrected chi connectivity index (χ1v) is 0. The van der Waals surface area contributed by atoms with Crippen LogP contribution in [-0.4, -0.2) is 0 Å². The van der Waals surface area contributed by atoms with Crippen molar-refractivity contribution in [3.8, 4) is 0 Å². The maximum atomic E-state index is 0. The fourth-order valence-corrected chi connectivity index (χ4v) is 0. The van der Waals surface area contributed by atoms with Gasteiger partial charge < -0.3 is 71.9 Å². The van der Waals surface area contributed by atoms with E-state index in [0.717, 1.165) is 0 Å². The van der Waals surface area contributed by atoms with Crippen LogP contribution < -0.4 is 123 Å². The summed E-state index contributed by atoms with van der Waals surface area (Å²) in [7, 11) is 0. The first-order valence-electron chi connectivity index (χ1n) is 0. The van der Waals surface area contributed by atoms with Crippen LogP contribution >= 0.6 is 61.4 Å². The van der Waals surface area contributed by atoms with Crippen LogP contribution in [0.15, 0.2) is 0 Å². The van der Waals surface area contributed by atoms with Crippen molar-refractivity contribution in [3.05, 3.63) is 0 Å². The third-order valence-corrected chi connectivity index (χ3v) is 0. The van der Waals surface area contributed by atoms with Crippen molar-refractivity contribution in [2.75, 3.05) is 0 Å². The van der Waals surface area contributed by atoms with Gasteiger partial charge in [-0.05, 0) is 0 Å². The van der Waals surface area contributed by atoms with Gasteiger partial charge in [-0.2, -0.15) is 13.5 Å². The average molecular weight is 766 g/mol. The van der Waals surface area contributed by atoms with Crippen LogP contribution in [0, 0.1) is 0 Å². The van der Waals surface area contributed by atoms with E-state index in [2.05, 4.69) is 0 Å². The number of hydrogen-bond donors (Lipinski definition) is 0. The molecule has 0 aliphatic rings. The molecule has 8 heavy (non-hydrogen) atoms. The largest absolute Gasteiger partial charge is 2.00 e. The molecule has 0 unspecified atom stereocenters. The summed E-state index contributed by atoms with van der Waals surface area (Å²) in [6.45, 7) is 0. The minimum absolute atomic E-state index is 0. The Morgan fingerprint density at radius 1 is 0.625 bits per heavy atom. The smallest absolute Gasteiger partial charge is 1.00 e. The molecule has 0 saturated carbocycles. The maximum absolute atomic E-state index is 0. The van der Waals surface area contributed by atoms with Gasteiger partial charge in [-0.3, -0.25) is 0 Å². The fraction of sp³-hybridized carbons (Fsp3) is 0. The molecule has 0 amide bonds. The molecule has 0 spiro atoms. The summed E-state index contributed by atoms with van der Waals surface area (Å²) in [5.41, 5.74) is 0. The summed E-state index contributed by atoms with van der Waals surface area (Å²) in [6, 6.07) is 0. The molecule has 0 saturated heterocycles. The molecule has 0 heterocycles. The van der Waals surface area contributed by atoms with Crippen LogP contribution in [0.1, 0.15) is 0 Å². The Morgan fingerprint density at radius 3 is 0.625 bits per heavy atom. The van der Waals surface area contributed by atoms with Gasteiger partial charge in [0, 0.05) is 0 Å². The Morgan fingerprint density at radius 2 is 0.625 bits per heavy atom. The molecule has 0 bridgehead atoms. The molecule has 0 nitrogen and oxygen atoms in total. The van der Waals surface area contributed by atoms with Crippen LogP contribution in [0.25, 0.3) is 0 Å². The molecule has 0 aliphatic carbocycles. The first kappa shape index (κ1) is 64.7. The SMILES string of the molecule is I.I.S.[Fe+2].[I-].[I-].[I-].[K+]. The third kappa shape index (κ3) is 39.9. The Hall–Kier alpha value is 6.16. The zero-order valence-corrected chi connectivity index (χ0v) is 20.2. The van der Waals surface area contributed by atoms with Crippen LogP contribution in [0.4, 0.5) is 0 Å². The maximum Gasteiger partial charge on any atom is 2.00 e. The van der Waals surface area contributed by atoms with E-state index >= 15 is 0 Å². The third-order valence-electron chi connectivity index (χ3n) is 0. The van der Waals surface area contributed by atoms with Crippen LogP contribution in [0.5, 0.6) is 0 Å². The average Bonchev–Trinajstić information content (AvgIpc) is 0. The van der Waals surface area contributed by atoms with E-state index in [9.17, 15) is 0 Å². The zero-order chi connectivity index (χ0) is 0. The van der Waals surface area contributed by atoms with E-state index in [1.165, 1.54) is 0 Å². The van der Waals surface area contributed by atoms with Crippen molar-refractivity contribution in [1.29, 1.82) is 0 Å². The monoisotopic (exact) mass is 765 g/mol. The topological polar surface area (TPSA) is 0 Å².